The fraction of sp³-hybridized carbons (Fsp3) is 0.111. The highest BCUT2D eigenvalue weighted by Gasteiger charge is 2.12. The Morgan fingerprint density at radius 1 is 1.04 bits per heavy atom. The minimum atomic E-state index is -0.324. The number of aryl methyl sites for hydroxylation is 1. The van der Waals surface area contributed by atoms with Crippen LogP contribution in [0.25, 0.3) is 10.9 Å². The maximum absolute atomic E-state index is 12.2. The number of amides is 2. The molecule has 0 atom stereocenters. The third kappa shape index (κ3) is 4.29. The number of aromatic nitrogens is 1. The lowest BCUT2D eigenvalue weighted by Crippen LogP contribution is -2.33. The molecule has 0 unspecified atom stereocenters. The first-order chi connectivity index (χ1) is 11.9. The van der Waals surface area contributed by atoms with Crippen LogP contribution in [-0.2, 0) is 4.79 Å². The van der Waals surface area contributed by atoms with Gasteiger partial charge in [-0.2, -0.15) is 0 Å². The summed E-state index contributed by atoms with van der Waals surface area (Å²) in [5.74, 6) is -0.604. The Balaban J connectivity index is 1.61. The molecule has 128 valence electrons. The first-order valence-corrected chi connectivity index (χ1v) is 9.13. The first kappa shape index (κ1) is 17.7. The Bertz CT molecular complexity index is 966. The molecule has 1 aromatic heterocycles. The Morgan fingerprint density at radius 2 is 1.76 bits per heavy atom. The van der Waals surface area contributed by atoms with E-state index in [1.807, 2.05) is 43.3 Å². The van der Waals surface area contributed by atoms with Crippen molar-refractivity contribution < 1.29 is 9.59 Å². The minimum absolute atomic E-state index is 0.104. The van der Waals surface area contributed by atoms with Gasteiger partial charge in [-0.3, -0.25) is 9.59 Å². The van der Waals surface area contributed by atoms with Crippen molar-refractivity contribution in [3.8, 4) is 0 Å². The van der Waals surface area contributed by atoms with Crippen molar-refractivity contribution in [2.75, 3.05) is 11.9 Å². The van der Waals surface area contributed by atoms with E-state index < -0.39 is 0 Å². The predicted molar refractivity (Wildman–Crippen MR) is 106 cm³/mol. The Morgan fingerprint density at radius 3 is 2.52 bits per heavy atom. The molecule has 0 saturated heterocycles. The number of halogens is 2. The summed E-state index contributed by atoms with van der Waals surface area (Å²) in [5.41, 5.74) is 2.94. The molecule has 0 aliphatic carbocycles. The number of nitrogens with one attached hydrogen (secondary N) is 3. The van der Waals surface area contributed by atoms with E-state index in [0.29, 0.717) is 5.69 Å². The van der Waals surface area contributed by atoms with Crippen LogP contribution in [-0.4, -0.2) is 23.3 Å². The lowest BCUT2D eigenvalue weighted by molar-refractivity contribution is -0.115. The number of aromatic amines is 1. The smallest absolute Gasteiger partial charge is 0.268 e. The van der Waals surface area contributed by atoms with Gasteiger partial charge in [-0.25, -0.2) is 0 Å². The van der Waals surface area contributed by atoms with E-state index in [0.717, 1.165) is 31.1 Å². The molecule has 0 aliphatic heterocycles. The van der Waals surface area contributed by atoms with Crippen LogP contribution in [0.4, 0.5) is 5.69 Å². The predicted octanol–water partition coefficient (Wildman–Crippen LogP) is 4.37. The minimum Gasteiger partial charge on any atom is -0.351 e. The number of anilines is 1. The second-order valence-electron chi connectivity index (χ2n) is 5.60. The van der Waals surface area contributed by atoms with Gasteiger partial charge in [0.15, 0.2) is 0 Å². The molecule has 5 nitrogen and oxygen atoms in total. The van der Waals surface area contributed by atoms with Crippen molar-refractivity contribution in [1.29, 1.82) is 0 Å². The zero-order valence-corrected chi connectivity index (χ0v) is 16.5. The van der Waals surface area contributed by atoms with Gasteiger partial charge < -0.3 is 15.6 Å². The highest BCUT2D eigenvalue weighted by molar-refractivity contribution is 9.10. The number of rotatable bonds is 4. The van der Waals surface area contributed by atoms with Gasteiger partial charge >= 0.3 is 0 Å². The van der Waals surface area contributed by atoms with Crippen molar-refractivity contribution in [3.63, 3.8) is 0 Å². The van der Waals surface area contributed by atoms with Gasteiger partial charge in [0.25, 0.3) is 5.91 Å². The number of benzene rings is 2. The number of fused-ring (bicyclic) bond motifs is 1. The monoisotopic (exact) mass is 463 g/mol. The van der Waals surface area contributed by atoms with Crippen LogP contribution in [0.3, 0.4) is 0 Å². The van der Waals surface area contributed by atoms with Crippen molar-refractivity contribution in [3.05, 3.63) is 62.7 Å². The van der Waals surface area contributed by atoms with E-state index >= 15 is 0 Å². The standard InChI is InChI=1S/C18H15Br2N3O2/c1-10-6-12(19)2-4-14(10)23-17(24)9-21-18(25)16-8-11-7-13(20)3-5-15(11)22-16/h2-8,22H,9H2,1H3,(H,21,25)(H,23,24). The van der Waals surface area contributed by atoms with E-state index in [4.69, 9.17) is 0 Å². The maximum atomic E-state index is 12.2. The summed E-state index contributed by atoms with van der Waals surface area (Å²) < 4.78 is 1.89. The summed E-state index contributed by atoms with van der Waals surface area (Å²) in [4.78, 5) is 27.3. The first-order valence-electron chi connectivity index (χ1n) is 7.55. The van der Waals surface area contributed by atoms with Crippen molar-refractivity contribution in [2.24, 2.45) is 0 Å². The van der Waals surface area contributed by atoms with Gasteiger partial charge in [-0.15, -0.1) is 0 Å². The Kier molecular flexibility index (Phi) is 5.24. The highest BCUT2D eigenvalue weighted by atomic mass is 79.9. The largest absolute Gasteiger partial charge is 0.351 e. The molecule has 2 amide bonds. The molecule has 0 aliphatic rings. The van der Waals surface area contributed by atoms with E-state index in [9.17, 15) is 9.59 Å². The van der Waals surface area contributed by atoms with Crippen LogP contribution >= 0.6 is 31.9 Å². The molecule has 25 heavy (non-hydrogen) atoms. The molecule has 3 aromatic rings. The zero-order valence-electron chi connectivity index (χ0n) is 13.3. The normalized spacial score (nSPS) is 10.7. The average molecular weight is 465 g/mol. The van der Waals surface area contributed by atoms with E-state index in [1.54, 1.807) is 6.07 Å². The summed E-state index contributed by atoms with van der Waals surface area (Å²) in [7, 11) is 0. The molecule has 3 rings (SSSR count). The van der Waals surface area contributed by atoms with E-state index in [1.165, 1.54) is 0 Å². The topological polar surface area (TPSA) is 74.0 Å². The highest BCUT2D eigenvalue weighted by Crippen LogP contribution is 2.21. The second kappa shape index (κ2) is 7.41. The maximum Gasteiger partial charge on any atom is 0.268 e. The molecule has 2 aromatic carbocycles. The Hall–Kier alpha value is -2.12. The third-order valence-corrected chi connectivity index (χ3v) is 4.69. The molecule has 7 heteroatoms. The average Bonchev–Trinajstić information content (AvgIpc) is 2.98. The van der Waals surface area contributed by atoms with Crippen molar-refractivity contribution >= 4 is 60.3 Å². The number of carbonyl (C=O) groups excluding carboxylic acids is 2. The Labute approximate surface area is 161 Å². The summed E-state index contributed by atoms with van der Waals surface area (Å²) in [6, 6.07) is 13.0. The molecule has 3 N–H and O–H groups in total. The van der Waals surface area contributed by atoms with Gasteiger partial charge in [0.2, 0.25) is 5.91 Å². The number of hydrogen-bond donors (Lipinski definition) is 3. The summed E-state index contributed by atoms with van der Waals surface area (Å²) in [6.45, 7) is 1.80. The van der Waals surface area contributed by atoms with Crippen molar-refractivity contribution in [2.45, 2.75) is 6.92 Å². The SMILES string of the molecule is Cc1cc(Br)ccc1NC(=O)CNC(=O)c1cc2cc(Br)ccc2[nH]1. The van der Waals surface area contributed by atoms with E-state index in [-0.39, 0.29) is 18.4 Å². The van der Waals surface area contributed by atoms with Crippen LogP contribution in [0.1, 0.15) is 16.1 Å². The van der Waals surface area contributed by atoms with Crippen LogP contribution in [0.2, 0.25) is 0 Å². The fourth-order valence-electron chi connectivity index (χ4n) is 2.44. The molecule has 0 saturated carbocycles. The molecule has 0 spiro atoms. The molecular weight excluding hydrogens is 450 g/mol. The quantitative estimate of drug-likeness (QED) is 0.536. The molecular formula is C18H15Br2N3O2. The third-order valence-electron chi connectivity index (χ3n) is 3.70. The number of carbonyl (C=O) groups is 2. The summed E-state index contributed by atoms with van der Waals surface area (Å²) in [5, 5.41) is 6.34. The molecule has 0 bridgehead atoms. The van der Waals surface area contributed by atoms with E-state index in [2.05, 4.69) is 47.5 Å². The van der Waals surface area contributed by atoms with Gasteiger partial charge in [-0.05, 0) is 55.0 Å². The number of H-pyrrole nitrogens is 1. The molecule has 0 radical (unpaired) electrons. The van der Waals surface area contributed by atoms with Crippen LogP contribution in [0.15, 0.2) is 51.4 Å². The second-order valence-corrected chi connectivity index (χ2v) is 7.44. The van der Waals surface area contributed by atoms with Gasteiger partial charge in [-0.1, -0.05) is 31.9 Å². The summed E-state index contributed by atoms with van der Waals surface area (Å²) >= 11 is 6.78. The van der Waals surface area contributed by atoms with Gasteiger partial charge in [0.1, 0.15) is 5.69 Å². The zero-order chi connectivity index (χ0) is 18.0. The van der Waals surface area contributed by atoms with Gasteiger partial charge in [0, 0.05) is 25.5 Å². The lowest BCUT2D eigenvalue weighted by Gasteiger charge is -2.09. The van der Waals surface area contributed by atoms with Gasteiger partial charge in [0.05, 0.1) is 6.54 Å². The molecule has 0 fully saturated rings. The lowest BCUT2D eigenvalue weighted by atomic mass is 10.2. The number of hydrogen-bond acceptors (Lipinski definition) is 2. The van der Waals surface area contributed by atoms with Crippen LogP contribution < -0.4 is 10.6 Å². The summed E-state index contributed by atoms with van der Waals surface area (Å²) in [6.07, 6.45) is 0. The fourth-order valence-corrected chi connectivity index (χ4v) is 3.30. The van der Waals surface area contributed by atoms with Crippen LogP contribution in [0, 0.1) is 6.92 Å². The molecule has 1 heterocycles. The van der Waals surface area contributed by atoms with Crippen molar-refractivity contribution in [1.82, 2.24) is 10.3 Å². The van der Waals surface area contributed by atoms with Crippen LogP contribution in [0.5, 0.6) is 0 Å².